The maximum atomic E-state index is 13.7. The molecule has 0 aliphatic carbocycles. The Morgan fingerprint density at radius 1 is 1.18 bits per heavy atom. The monoisotopic (exact) mass is 515 g/mol. The molecule has 0 saturated carbocycles. The number of amides is 1. The third kappa shape index (κ3) is 4.46. The largest absolute Gasteiger partial charge is 0.387 e. The molecule has 1 aromatic carbocycles. The first-order valence-corrected chi connectivity index (χ1v) is 12.7. The van der Waals surface area contributed by atoms with Gasteiger partial charge in [0.05, 0.1) is 40.6 Å². The van der Waals surface area contributed by atoms with Crippen LogP contribution in [0, 0.1) is 5.82 Å². The highest BCUT2D eigenvalue weighted by Gasteiger charge is 2.34. The number of hydrogen-bond acceptors (Lipinski definition) is 7. The number of anilines is 3. The van der Waals surface area contributed by atoms with Crippen LogP contribution in [0.3, 0.4) is 0 Å². The van der Waals surface area contributed by atoms with E-state index in [-0.39, 0.29) is 11.7 Å². The number of rotatable bonds is 6. The predicted molar refractivity (Wildman–Crippen MR) is 144 cm³/mol. The van der Waals surface area contributed by atoms with Crippen molar-refractivity contribution in [3.05, 3.63) is 71.9 Å². The fourth-order valence-electron chi connectivity index (χ4n) is 5.68. The first-order valence-electron chi connectivity index (χ1n) is 12.7. The number of fused-ring (bicyclic) bond motifs is 2. The van der Waals surface area contributed by atoms with Crippen LogP contribution in [0.1, 0.15) is 28.8 Å². The molecule has 0 bridgehead atoms. The number of likely N-dealkylation sites (N-methyl/N-ethyl adjacent to an activating group) is 1. The van der Waals surface area contributed by atoms with Crippen LogP contribution in [0.15, 0.2) is 55.0 Å². The van der Waals surface area contributed by atoms with Crippen molar-refractivity contribution < 1.29 is 14.3 Å². The van der Waals surface area contributed by atoms with Crippen LogP contribution in [0.2, 0.25) is 0 Å². The molecule has 10 heteroatoms. The van der Waals surface area contributed by atoms with Gasteiger partial charge in [-0.2, -0.15) is 0 Å². The van der Waals surface area contributed by atoms with Gasteiger partial charge in [0.2, 0.25) is 0 Å². The molecule has 196 valence electrons. The van der Waals surface area contributed by atoms with Crippen molar-refractivity contribution in [2.24, 2.45) is 0 Å². The Morgan fingerprint density at radius 3 is 2.84 bits per heavy atom. The molecule has 3 N–H and O–H groups in total. The molecule has 0 unspecified atom stereocenters. The van der Waals surface area contributed by atoms with Crippen molar-refractivity contribution in [1.29, 1.82) is 0 Å². The van der Waals surface area contributed by atoms with Gasteiger partial charge in [0, 0.05) is 44.0 Å². The highest BCUT2D eigenvalue weighted by Crippen LogP contribution is 2.35. The van der Waals surface area contributed by atoms with Crippen LogP contribution in [0.5, 0.6) is 0 Å². The summed E-state index contributed by atoms with van der Waals surface area (Å²) >= 11 is 0. The van der Waals surface area contributed by atoms with E-state index in [2.05, 4.69) is 25.5 Å². The van der Waals surface area contributed by atoms with Crippen LogP contribution in [0.4, 0.5) is 21.6 Å². The van der Waals surface area contributed by atoms with Gasteiger partial charge in [0.25, 0.3) is 5.91 Å². The lowest BCUT2D eigenvalue weighted by molar-refractivity contribution is 0.00369. The lowest BCUT2D eigenvalue weighted by Crippen LogP contribution is -2.53. The first-order chi connectivity index (χ1) is 18.3. The van der Waals surface area contributed by atoms with Crippen LogP contribution in [-0.2, 0) is 6.54 Å². The van der Waals surface area contributed by atoms with Crippen molar-refractivity contribution >= 4 is 28.7 Å². The topological polar surface area (TPSA) is 98.0 Å². The lowest BCUT2D eigenvalue weighted by atomic mass is 9.92. The van der Waals surface area contributed by atoms with Gasteiger partial charge in [-0.15, -0.1) is 0 Å². The Kier molecular flexibility index (Phi) is 6.00. The van der Waals surface area contributed by atoms with E-state index < -0.39 is 5.60 Å². The zero-order valence-corrected chi connectivity index (χ0v) is 21.4. The average molecular weight is 516 g/mol. The zero-order valence-electron chi connectivity index (χ0n) is 21.4. The molecule has 2 aliphatic rings. The summed E-state index contributed by atoms with van der Waals surface area (Å²) in [7, 11) is 3.95. The maximum absolute atomic E-state index is 13.7. The lowest BCUT2D eigenvalue weighted by Gasteiger charge is -2.41. The zero-order chi connectivity index (χ0) is 26.4. The summed E-state index contributed by atoms with van der Waals surface area (Å²) in [5.74, 6) is 0.114. The molecule has 9 nitrogen and oxygen atoms in total. The summed E-state index contributed by atoms with van der Waals surface area (Å²) in [5.41, 5.74) is 4.45. The minimum atomic E-state index is -0.747. The third-order valence-corrected chi connectivity index (χ3v) is 7.26. The van der Waals surface area contributed by atoms with E-state index in [0.29, 0.717) is 42.4 Å². The fourth-order valence-corrected chi connectivity index (χ4v) is 5.68. The van der Waals surface area contributed by atoms with E-state index in [4.69, 9.17) is 0 Å². The van der Waals surface area contributed by atoms with Gasteiger partial charge in [0.15, 0.2) is 0 Å². The number of aromatic nitrogens is 3. The first kappa shape index (κ1) is 24.3. The van der Waals surface area contributed by atoms with E-state index >= 15 is 0 Å². The summed E-state index contributed by atoms with van der Waals surface area (Å²) in [5, 5.41) is 17.2. The van der Waals surface area contributed by atoms with Gasteiger partial charge in [0.1, 0.15) is 17.3 Å². The quantitative estimate of drug-likeness (QED) is 0.362. The molecule has 0 spiro atoms. The van der Waals surface area contributed by atoms with Crippen molar-refractivity contribution in [1.82, 2.24) is 24.6 Å². The molecule has 5 heterocycles. The number of pyridine rings is 2. The molecule has 2 aliphatic heterocycles. The smallest absolute Gasteiger partial charge is 0.254 e. The van der Waals surface area contributed by atoms with Gasteiger partial charge in [-0.1, -0.05) is 6.07 Å². The average Bonchev–Trinajstić information content (AvgIpc) is 3.48. The van der Waals surface area contributed by atoms with Gasteiger partial charge in [-0.3, -0.25) is 9.20 Å². The Hall–Kier alpha value is -4.02. The van der Waals surface area contributed by atoms with Crippen LogP contribution >= 0.6 is 0 Å². The number of nitrogens with one attached hydrogen (secondary N) is 2. The fraction of sp³-hybridized carbons (Fsp3) is 0.321. The Bertz CT molecular complexity index is 1520. The number of nitrogens with zero attached hydrogens (tertiary/aromatic N) is 5. The second-order valence-electron chi connectivity index (χ2n) is 10.4. The van der Waals surface area contributed by atoms with Crippen LogP contribution in [-0.4, -0.2) is 69.6 Å². The number of imidazole rings is 1. The summed E-state index contributed by atoms with van der Waals surface area (Å²) in [6.45, 7) is 2.44. The van der Waals surface area contributed by atoms with E-state index in [0.717, 1.165) is 41.9 Å². The summed E-state index contributed by atoms with van der Waals surface area (Å²) in [6.07, 6.45) is 6.84. The Labute approximate surface area is 219 Å². The van der Waals surface area contributed by atoms with E-state index in [1.165, 1.54) is 12.1 Å². The van der Waals surface area contributed by atoms with Gasteiger partial charge >= 0.3 is 0 Å². The predicted octanol–water partition coefficient (Wildman–Crippen LogP) is 3.42. The molecular formula is C28H30FN7O2. The van der Waals surface area contributed by atoms with E-state index in [9.17, 15) is 14.3 Å². The van der Waals surface area contributed by atoms with Crippen molar-refractivity contribution in [2.45, 2.75) is 25.0 Å². The Balaban J connectivity index is 1.26. The minimum Gasteiger partial charge on any atom is -0.387 e. The standard InChI is InChI=1S/C28H30FN7O2/c1-34(2)16-28(38)9-3-10-35(17-28)19-4-7-24(30-13-19)33-22-6-5-20(21-14-32-27(37)26(21)22)23-15-31-25-12-18(29)8-11-36(23)25/h4-8,11-13,15,38H,3,9-10,14,16-17H2,1-2H3,(H,30,33)(H,32,37)/t28-/m0/s1. The SMILES string of the molecule is CN(C)C[C@@]1(O)CCCN(c2ccc(Nc3ccc(-c4cnc5cc(F)ccn45)c4c3C(=O)NC4)nc2)C1. The molecule has 0 radical (unpaired) electrons. The molecular weight excluding hydrogens is 485 g/mol. The Morgan fingerprint density at radius 2 is 2.05 bits per heavy atom. The molecule has 4 aromatic rings. The number of piperidine rings is 1. The van der Waals surface area contributed by atoms with Crippen LogP contribution < -0.4 is 15.5 Å². The number of β-amino-alcohol motifs (C(OH)–C–C–N with tert-alkyl or cyclic N) is 1. The number of halogens is 1. The number of aliphatic hydroxyl groups is 1. The van der Waals surface area contributed by atoms with Gasteiger partial charge in [-0.25, -0.2) is 14.4 Å². The minimum absolute atomic E-state index is 0.158. The van der Waals surface area contributed by atoms with Gasteiger partial charge < -0.3 is 25.5 Å². The normalized spacial score (nSPS) is 19.2. The second kappa shape index (κ2) is 9.38. The summed E-state index contributed by atoms with van der Waals surface area (Å²) in [4.78, 5) is 26.0. The molecule has 6 rings (SSSR count). The van der Waals surface area contributed by atoms with E-state index in [1.54, 1.807) is 18.6 Å². The molecule has 1 saturated heterocycles. The summed E-state index contributed by atoms with van der Waals surface area (Å²) < 4.78 is 15.5. The molecule has 3 aromatic heterocycles. The molecule has 1 atom stereocenters. The highest BCUT2D eigenvalue weighted by molar-refractivity contribution is 6.06. The van der Waals surface area contributed by atoms with Gasteiger partial charge in [-0.05, 0) is 56.8 Å². The maximum Gasteiger partial charge on any atom is 0.254 e. The van der Waals surface area contributed by atoms with E-state index in [1.807, 2.05) is 47.7 Å². The highest BCUT2D eigenvalue weighted by atomic mass is 19.1. The number of benzene rings is 1. The molecule has 38 heavy (non-hydrogen) atoms. The number of carbonyl (C=O) groups is 1. The second-order valence-corrected chi connectivity index (χ2v) is 10.4. The molecule has 1 amide bonds. The van der Waals surface area contributed by atoms with Crippen molar-refractivity contribution in [3.8, 4) is 11.3 Å². The number of carbonyl (C=O) groups excluding carboxylic acids is 1. The van der Waals surface area contributed by atoms with Crippen molar-refractivity contribution in [2.75, 3.05) is 43.9 Å². The summed E-state index contributed by atoms with van der Waals surface area (Å²) in [6, 6.07) is 10.5. The van der Waals surface area contributed by atoms with Crippen molar-refractivity contribution in [3.63, 3.8) is 0 Å². The third-order valence-electron chi connectivity index (χ3n) is 7.26. The van der Waals surface area contributed by atoms with Crippen LogP contribution in [0.25, 0.3) is 16.9 Å². The molecule has 1 fully saturated rings. The number of hydrogen-bond donors (Lipinski definition) is 3.